The van der Waals surface area contributed by atoms with Gasteiger partial charge in [-0.1, -0.05) is 30.3 Å². The lowest BCUT2D eigenvalue weighted by Gasteiger charge is -2.38. The minimum Gasteiger partial charge on any atom is -0.324 e. The number of carbonyl (C=O) groups excluding carboxylic acids is 1. The third kappa shape index (κ3) is 3.20. The van der Waals surface area contributed by atoms with Gasteiger partial charge in [-0.3, -0.25) is 9.69 Å². The summed E-state index contributed by atoms with van der Waals surface area (Å²) < 4.78 is 0. The summed E-state index contributed by atoms with van der Waals surface area (Å²) in [5.74, 6) is 0. The normalized spacial score (nSPS) is 21.5. The molecule has 0 aliphatic carbocycles. The van der Waals surface area contributed by atoms with Gasteiger partial charge in [-0.2, -0.15) is 0 Å². The van der Waals surface area contributed by atoms with Gasteiger partial charge >= 0.3 is 5.37 Å². The summed E-state index contributed by atoms with van der Waals surface area (Å²) in [7, 11) is 0. The van der Waals surface area contributed by atoms with E-state index in [0.717, 1.165) is 26.2 Å². The molecular weight excluding hydrogens is 236 g/mol. The average molecular weight is 253 g/mol. The van der Waals surface area contributed by atoms with Gasteiger partial charge in [-0.05, 0) is 24.1 Å². The van der Waals surface area contributed by atoms with Crippen LogP contribution < -0.4 is 0 Å². The Hall–Kier alpha value is -1.06. The maximum absolute atomic E-state index is 11.1. The number of amides is 1. The molecule has 1 amide bonds. The van der Waals surface area contributed by atoms with Crippen molar-refractivity contribution in [2.24, 2.45) is 0 Å². The van der Waals surface area contributed by atoms with Crippen LogP contribution in [0.1, 0.15) is 12.5 Å². The van der Waals surface area contributed by atoms with Crippen molar-refractivity contribution in [3.8, 4) is 0 Å². The van der Waals surface area contributed by atoms with E-state index in [4.69, 9.17) is 11.6 Å². The van der Waals surface area contributed by atoms with Crippen LogP contribution in [-0.2, 0) is 6.54 Å². The predicted octanol–water partition coefficient (Wildman–Crippen LogP) is 2.55. The van der Waals surface area contributed by atoms with Gasteiger partial charge in [0.2, 0.25) is 0 Å². The maximum atomic E-state index is 11.1. The van der Waals surface area contributed by atoms with Crippen molar-refractivity contribution >= 4 is 17.0 Å². The average Bonchev–Trinajstić information content (AvgIpc) is 2.30. The molecule has 0 bridgehead atoms. The van der Waals surface area contributed by atoms with Crippen LogP contribution in [0.4, 0.5) is 4.79 Å². The van der Waals surface area contributed by atoms with E-state index in [1.54, 1.807) is 4.90 Å². The third-order valence-corrected chi connectivity index (χ3v) is 3.40. The fourth-order valence-corrected chi connectivity index (χ4v) is 2.53. The number of rotatable bonds is 2. The van der Waals surface area contributed by atoms with E-state index in [0.29, 0.717) is 0 Å². The van der Waals surface area contributed by atoms with Gasteiger partial charge in [0.1, 0.15) is 0 Å². The molecular formula is C13H17ClN2O. The van der Waals surface area contributed by atoms with Crippen molar-refractivity contribution in [2.75, 3.05) is 19.6 Å². The zero-order valence-electron chi connectivity index (χ0n) is 9.97. The molecule has 17 heavy (non-hydrogen) atoms. The van der Waals surface area contributed by atoms with E-state index in [1.807, 2.05) is 13.0 Å². The molecule has 0 spiro atoms. The molecule has 0 radical (unpaired) electrons. The van der Waals surface area contributed by atoms with Crippen LogP contribution in [0.25, 0.3) is 0 Å². The van der Waals surface area contributed by atoms with Crippen LogP contribution in [0.3, 0.4) is 0 Å². The number of hydrogen-bond acceptors (Lipinski definition) is 2. The molecule has 1 aromatic rings. The highest BCUT2D eigenvalue weighted by Crippen LogP contribution is 2.14. The topological polar surface area (TPSA) is 23.6 Å². The lowest BCUT2D eigenvalue weighted by atomic mass is 10.1. The Morgan fingerprint density at radius 1 is 1.35 bits per heavy atom. The molecule has 1 aliphatic heterocycles. The molecule has 1 atom stereocenters. The SMILES string of the molecule is CC1CN(Cc2ccccc2)CCN1C(=O)Cl. The van der Waals surface area contributed by atoms with E-state index in [9.17, 15) is 4.79 Å². The third-order valence-electron chi connectivity index (χ3n) is 3.19. The molecule has 92 valence electrons. The predicted molar refractivity (Wildman–Crippen MR) is 69.1 cm³/mol. The van der Waals surface area contributed by atoms with Crippen molar-refractivity contribution in [2.45, 2.75) is 19.5 Å². The second kappa shape index (κ2) is 5.52. The van der Waals surface area contributed by atoms with E-state index in [-0.39, 0.29) is 11.4 Å². The lowest BCUT2D eigenvalue weighted by Crippen LogP contribution is -2.52. The van der Waals surface area contributed by atoms with E-state index in [1.165, 1.54) is 5.56 Å². The summed E-state index contributed by atoms with van der Waals surface area (Å²) >= 11 is 5.53. The van der Waals surface area contributed by atoms with Crippen LogP contribution in [-0.4, -0.2) is 40.8 Å². The summed E-state index contributed by atoms with van der Waals surface area (Å²) in [4.78, 5) is 15.2. The minimum atomic E-state index is -0.336. The first-order valence-corrected chi connectivity index (χ1v) is 6.27. The summed E-state index contributed by atoms with van der Waals surface area (Å²) in [6, 6.07) is 10.6. The molecule has 1 saturated heterocycles. The minimum absolute atomic E-state index is 0.192. The molecule has 1 aromatic carbocycles. The second-order valence-electron chi connectivity index (χ2n) is 4.52. The molecule has 1 fully saturated rings. The second-order valence-corrected chi connectivity index (χ2v) is 4.84. The Labute approximate surface area is 107 Å². The highest BCUT2D eigenvalue weighted by atomic mass is 35.5. The number of benzene rings is 1. The molecule has 2 rings (SSSR count). The first kappa shape index (κ1) is 12.4. The van der Waals surface area contributed by atoms with Gasteiger partial charge in [0.25, 0.3) is 0 Å². The Bertz CT molecular complexity index is 382. The van der Waals surface area contributed by atoms with Gasteiger partial charge in [0.15, 0.2) is 0 Å². The van der Waals surface area contributed by atoms with Crippen LogP contribution in [0.5, 0.6) is 0 Å². The van der Waals surface area contributed by atoms with Crippen molar-refractivity contribution < 1.29 is 4.79 Å². The standard InChI is InChI=1S/C13H17ClN2O/c1-11-9-15(7-8-16(11)13(14)17)10-12-5-3-2-4-6-12/h2-6,11H,7-10H2,1H3. The van der Waals surface area contributed by atoms with Crippen molar-refractivity contribution in [3.05, 3.63) is 35.9 Å². The molecule has 0 N–H and O–H groups in total. The molecule has 0 saturated carbocycles. The van der Waals surface area contributed by atoms with Crippen molar-refractivity contribution in [1.82, 2.24) is 9.80 Å². The van der Waals surface area contributed by atoms with Gasteiger partial charge in [0.05, 0.1) is 0 Å². The highest BCUT2D eigenvalue weighted by molar-refractivity contribution is 6.62. The van der Waals surface area contributed by atoms with Crippen LogP contribution in [0.2, 0.25) is 0 Å². The van der Waals surface area contributed by atoms with E-state index < -0.39 is 0 Å². The molecule has 0 aromatic heterocycles. The summed E-state index contributed by atoms with van der Waals surface area (Å²) in [6.45, 7) is 5.47. The summed E-state index contributed by atoms with van der Waals surface area (Å²) in [6.07, 6.45) is 0. The van der Waals surface area contributed by atoms with Gasteiger partial charge in [0, 0.05) is 32.2 Å². The monoisotopic (exact) mass is 252 g/mol. The fourth-order valence-electron chi connectivity index (χ4n) is 2.28. The maximum Gasteiger partial charge on any atom is 0.316 e. The number of hydrogen-bond donors (Lipinski definition) is 0. The molecule has 4 heteroatoms. The first-order valence-electron chi connectivity index (χ1n) is 5.89. The van der Waals surface area contributed by atoms with Crippen molar-refractivity contribution in [1.29, 1.82) is 0 Å². The Morgan fingerprint density at radius 2 is 2.06 bits per heavy atom. The highest BCUT2D eigenvalue weighted by Gasteiger charge is 2.26. The quantitative estimate of drug-likeness (QED) is 0.597. The Balaban J connectivity index is 1.92. The smallest absolute Gasteiger partial charge is 0.316 e. The number of carbonyl (C=O) groups is 1. The largest absolute Gasteiger partial charge is 0.324 e. The fraction of sp³-hybridized carbons (Fsp3) is 0.462. The van der Waals surface area contributed by atoms with Crippen LogP contribution in [0.15, 0.2) is 30.3 Å². The van der Waals surface area contributed by atoms with Gasteiger partial charge in [-0.15, -0.1) is 0 Å². The number of nitrogens with zero attached hydrogens (tertiary/aromatic N) is 2. The first-order chi connectivity index (χ1) is 8.16. The van der Waals surface area contributed by atoms with Crippen LogP contribution >= 0.6 is 11.6 Å². The lowest BCUT2D eigenvalue weighted by molar-refractivity contribution is 0.109. The molecule has 3 nitrogen and oxygen atoms in total. The Morgan fingerprint density at radius 3 is 2.65 bits per heavy atom. The number of piperazine rings is 1. The zero-order chi connectivity index (χ0) is 12.3. The van der Waals surface area contributed by atoms with E-state index in [2.05, 4.69) is 29.2 Å². The van der Waals surface area contributed by atoms with Crippen molar-refractivity contribution in [3.63, 3.8) is 0 Å². The molecule has 1 aliphatic rings. The summed E-state index contributed by atoms with van der Waals surface area (Å²) in [5.41, 5.74) is 1.31. The number of halogens is 1. The Kier molecular flexibility index (Phi) is 4.02. The summed E-state index contributed by atoms with van der Waals surface area (Å²) in [5, 5.41) is -0.336. The van der Waals surface area contributed by atoms with Gasteiger partial charge in [-0.25, -0.2) is 0 Å². The van der Waals surface area contributed by atoms with E-state index >= 15 is 0 Å². The zero-order valence-corrected chi connectivity index (χ0v) is 10.7. The molecule has 1 unspecified atom stereocenters. The molecule has 1 heterocycles. The van der Waals surface area contributed by atoms with Crippen LogP contribution in [0, 0.1) is 0 Å². The van der Waals surface area contributed by atoms with Gasteiger partial charge < -0.3 is 4.90 Å².